The Morgan fingerprint density at radius 3 is 2.50 bits per heavy atom. The van der Waals surface area contributed by atoms with E-state index >= 15 is 0 Å². The van der Waals surface area contributed by atoms with Crippen molar-refractivity contribution in [3.8, 4) is 0 Å². The summed E-state index contributed by atoms with van der Waals surface area (Å²) in [4.78, 5) is 1.47. The van der Waals surface area contributed by atoms with E-state index in [1.54, 1.807) is 0 Å². The van der Waals surface area contributed by atoms with Crippen LogP contribution in [0.4, 0.5) is 8.78 Å². The first kappa shape index (κ1) is 9.83. The van der Waals surface area contributed by atoms with Gasteiger partial charge in [0, 0.05) is 25.6 Å². The van der Waals surface area contributed by atoms with Crippen molar-refractivity contribution in [2.45, 2.75) is 12.5 Å². The van der Waals surface area contributed by atoms with Gasteiger partial charge in [-0.3, -0.25) is 4.90 Å². The fraction of sp³-hybridized carbons (Fsp3) is 1.00. The van der Waals surface area contributed by atoms with E-state index in [2.05, 4.69) is 0 Å². The highest BCUT2D eigenvalue weighted by Gasteiger charge is 2.31. The molecule has 1 saturated heterocycles. The molecule has 0 radical (unpaired) electrons. The lowest BCUT2D eigenvalue weighted by Gasteiger charge is -2.13. The lowest BCUT2D eigenvalue weighted by Crippen LogP contribution is -2.27. The molecule has 0 spiro atoms. The van der Waals surface area contributed by atoms with Crippen LogP contribution in [0.1, 0.15) is 0 Å². The van der Waals surface area contributed by atoms with Gasteiger partial charge in [0.25, 0.3) is 6.43 Å². The lowest BCUT2D eigenvalue weighted by atomic mass is 10.1. The van der Waals surface area contributed by atoms with Crippen molar-refractivity contribution in [2.75, 3.05) is 26.2 Å². The number of β-amino-alcohol motifs (C(OH)–C–C–N with tert-alkyl or cyclic N) is 1. The van der Waals surface area contributed by atoms with Crippen molar-refractivity contribution < 1.29 is 19.0 Å². The average Bonchev–Trinajstić information content (AvgIpc) is 2.29. The van der Waals surface area contributed by atoms with Crippen LogP contribution in [0.3, 0.4) is 0 Å². The molecule has 0 aromatic rings. The summed E-state index contributed by atoms with van der Waals surface area (Å²) >= 11 is 0. The number of hydrogen-bond donors (Lipinski definition) is 2. The molecule has 3 nitrogen and oxygen atoms in total. The normalized spacial score (nSPS) is 31.8. The molecule has 0 aromatic carbocycles. The SMILES string of the molecule is OCC1CN(CC(F)F)CC1O. The molecule has 1 rings (SSSR count). The van der Waals surface area contributed by atoms with E-state index in [1.807, 2.05) is 0 Å². The van der Waals surface area contributed by atoms with E-state index in [0.29, 0.717) is 6.54 Å². The van der Waals surface area contributed by atoms with E-state index in [-0.39, 0.29) is 25.6 Å². The van der Waals surface area contributed by atoms with E-state index in [0.717, 1.165) is 0 Å². The molecule has 2 unspecified atom stereocenters. The Morgan fingerprint density at radius 2 is 2.08 bits per heavy atom. The van der Waals surface area contributed by atoms with Gasteiger partial charge in [-0.15, -0.1) is 0 Å². The number of rotatable bonds is 3. The maximum absolute atomic E-state index is 11.9. The maximum atomic E-state index is 11.9. The smallest absolute Gasteiger partial charge is 0.251 e. The Labute approximate surface area is 69.6 Å². The molecule has 5 heteroatoms. The second kappa shape index (κ2) is 4.11. The number of aliphatic hydroxyl groups excluding tert-OH is 2. The zero-order valence-corrected chi connectivity index (χ0v) is 6.66. The molecule has 2 atom stereocenters. The molecule has 0 aliphatic carbocycles. The van der Waals surface area contributed by atoms with Gasteiger partial charge in [-0.05, 0) is 0 Å². The molecule has 1 aliphatic rings. The first-order valence-electron chi connectivity index (χ1n) is 3.93. The molecule has 1 fully saturated rings. The molecule has 1 heterocycles. The lowest BCUT2D eigenvalue weighted by molar-refractivity contribution is 0.0893. The molecule has 0 saturated carbocycles. The van der Waals surface area contributed by atoms with Crippen LogP contribution in [-0.2, 0) is 0 Å². The van der Waals surface area contributed by atoms with E-state index in [9.17, 15) is 13.9 Å². The van der Waals surface area contributed by atoms with Crippen LogP contribution in [0, 0.1) is 5.92 Å². The Hall–Kier alpha value is -0.260. The molecule has 0 aromatic heterocycles. The third-order valence-electron chi connectivity index (χ3n) is 2.11. The number of hydrogen-bond acceptors (Lipinski definition) is 3. The highest BCUT2D eigenvalue weighted by molar-refractivity contribution is 4.83. The van der Waals surface area contributed by atoms with Crippen LogP contribution >= 0.6 is 0 Å². The minimum atomic E-state index is -2.37. The summed E-state index contributed by atoms with van der Waals surface area (Å²) in [5.74, 6) is -0.260. The summed E-state index contributed by atoms with van der Waals surface area (Å²) < 4.78 is 23.7. The Balaban J connectivity index is 2.33. The predicted molar refractivity (Wildman–Crippen MR) is 39.0 cm³/mol. The minimum absolute atomic E-state index is 0.138. The van der Waals surface area contributed by atoms with Gasteiger partial charge in [-0.25, -0.2) is 8.78 Å². The zero-order valence-electron chi connectivity index (χ0n) is 6.66. The van der Waals surface area contributed by atoms with Gasteiger partial charge in [-0.1, -0.05) is 0 Å². The largest absolute Gasteiger partial charge is 0.396 e. The fourth-order valence-corrected chi connectivity index (χ4v) is 1.47. The van der Waals surface area contributed by atoms with Crippen LogP contribution in [0.2, 0.25) is 0 Å². The number of alkyl halides is 2. The van der Waals surface area contributed by atoms with Gasteiger partial charge in [-0.2, -0.15) is 0 Å². The third-order valence-corrected chi connectivity index (χ3v) is 2.11. The molecule has 1 aliphatic heterocycles. The average molecular weight is 181 g/mol. The van der Waals surface area contributed by atoms with Gasteiger partial charge >= 0.3 is 0 Å². The number of aliphatic hydroxyl groups is 2. The standard InChI is InChI=1S/C7H13F2NO2/c8-7(9)3-10-1-5(4-11)6(12)2-10/h5-7,11-12H,1-4H2. The van der Waals surface area contributed by atoms with E-state index < -0.39 is 12.5 Å². The highest BCUT2D eigenvalue weighted by Crippen LogP contribution is 2.16. The predicted octanol–water partition coefficient (Wildman–Crippen LogP) is -0.463. The summed E-state index contributed by atoms with van der Waals surface area (Å²) in [6, 6.07) is 0. The van der Waals surface area contributed by atoms with Crippen molar-refractivity contribution in [2.24, 2.45) is 5.92 Å². The van der Waals surface area contributed by atoms with Crippen molar-refractivity contribution in [1.29, 1.82) is 0 Å². The molecular weight excluding hydrogens is 168 g/mol. The number of likely N-dealkylation sites (tertiary alicyclic amines) is 1. The maximum Gasteiger partial charge on any atom is 0.251 e. The second-order valence-electron chi connectivity index (χ2n) is 3.12. The van der Waals surface area contributed by atoms with Crippen LogP contribution in [0.5, 0.6) is 0 Å². The molecule has 0 amide bonds. The summed E-state index contributed by atoms with van der Waals surface area (Å²) in [5.41, 5.74) is 0. The Morgan fingerprint density at radius 1 is 1.42 bits per heavy atom. The van der Waals surface area contributed by atoms with Gasteiger partial charge in [0.15, 0.2) is 0 Å². The number of halogens is 2. The Bertz CT molecular complexity index is 145. The van der Waals surface area contributed by atoms with Crippen molar-refractivity contribution in [3.05, 3.63) is 0 Å². The minimum Gasteiger partial charge on any atom is -0.396 e. The van der Waals surface area contributed by atoms with Gasteiger partial charge in [0.05, 0.1) is 12.6 Å². The number of nitrogens with zero attached hydrogens (tertiary/aromatic N) is 1. The van der Waals surface area contributed by atoms with Crippen LogP contribution in [-0.4, -0.2) is 53.9 Å². The quantitative estimate of drug-likeness (QED) is 0.619. The summed E-state index contributed by atoms with van der Waals surface area (Å²) in [7, 11) is 0. The monoisotopic (exact) mass is 181 g/mol. The molecule has 0 bridgehead atoms. The molecule has 2 N–H and O–H groups in total. The van der Waals surface area contributed by atoms with Gasteiger partial charge in [0.2, 0.25) is 0 Å². The second-order valence-corrected chi connectivity index (χ2v) is 3.12. The van der Waals surface area contributed by atoms with Crippen LogP contribution < -0.4 is 0 Å². The first-order chi connectivity index (χ1) is 5.63. The molecule has 12 heavy (non-hydrogen) atoms. The Kier molecular flexibility index (Phi) is 3.37. The summed E-state index contributed by atoms with van der Waals surface area (Å²) in [6.45, 7) is 0.159. The topological polar surface area (TPSA) is 43.7 Å². The van der Waals surface area contributed by atoms with Crippen molar-refractivity contribution in [1.82, 2.24) is 4.90 Å². The van der Waals surface area contributed by atoms with Crippen LogP contribution in [0.15, 0.2) is 0 Å². The zero-order chi connectivity index (χ0) is 9.14. The van der Waals surface area contributed by atoms with Crippen molar-refractivity contribution >= 4 is 0 Å². The fourth-order valence-electron chi connectivity index (χ4n) is 1.47. The molecule has 72 valence electrons. The van der Waals surface area contributed by atoms with Crippen LogP contribution in [0.25, 0.3) is 0 Å². The third kappa shape index (κ3) is 2.36. The van der Waals surface area contributed by atoms with Gasteiger partial charge in [0.1, 0.15) is 0 Å². The van der Waals surface area contributed by atoms with E-state index in [1.165, 1.54) is 4.90 Å². The summed E-state index contributed by atoms with van der Waals surface area (Å²) in [5, 5.41) is 17.9. The molecular formula is C7H13F2NO2. The first-order valence-corrected chi connectivity index (χ1v) is 3.93. The van der Waals surface area contributed by atoms with E-state index in [4.69, 9.17) is 5.11 Å². The summed E-state index contributed by atoms with van der Waals surface area (Å²) in [6.07, 6.45) is -3.02. The van der Waals surface area contributed by atoms with Crippen molar-refractivity contribution in [3.63, 3.8) is 0 Å². The van der Waals surface area contributed by atoms with Gasteiger partial charge < -0.3 is 10.2 Å². The highest BCUT2D eigenvalue weighted by atomic mass is 19.3.